The quantitative estimate of drug-likeness (QED) is 0.135. The first-order valence-electron chi connectivity index (χ1n) is 24.0. The highest BCUT2D eigenvalue weighted by Crippen LogP contribution is 2.63. The Kier molecular flexibility index (Phi) is 12.6. The summed E-state index contributed by atoms with van der Waals surface area (Å²) in [6, 6.07) is 14.2. The Bertz CT molecular complexity index is 2500. The molecule has 5 aliphatic heterocycles. The number of rotatable bonds is 10. The van der Waals surface area contributed by atoms with Gasteiger partial charge in [-0.3, -0.25) is 39.4 Å². The molecule has 6 amide bonds. The van der Waals surface area contributed by atoms with Crippen molar-refractivity contribution in [3.63, 3.8) is 0 Å². The maximum atomic E-state index is 16.3. The van der Waals surface area contributed by atoms with E-state index in [0.29, 0.717) is 79.9 Å². The van der Waals surface area contributed by atoms with Crippen molar-refractivity contribution in [3.8, 4) is 0 Å². The molecule has 0 radical (unpaired) electrons. The van der Waals surface area contributed by atoms with Crippen molar-refractivity contribution in [3.05, 3.63) is 92.7 Å². The maximum absolute atomic E-state index is 16.3. The molecule has 354 valence electrons. The number of hydrogen-bond donors (Lipinski definition) is 6. The number of hydrogen-bond acceptors (Lipinski definition) is 9. The van der Waals surface area contributed by atoms with E-state index in [9.17, 15) is 28.8 Å². The topological polar surface area (TPSA) is 181 Å². The molecule has 10 rings (SSSR count). The number of carbonyl (C=O) groups excluding carboxylic acids is 6. The van der Waals surface area contributed by atoms with Crippen LogP contribution in [0.3, 0.4) is 0 Å². The standard InChI is InChI=1S/C50H57Cl2FN8O6/c51-29-12-15-35-38(26-29)57-48(67)50(35)41(33-7-4-8-36(52)42(33)53)43(59-49(50)20-2-1-3-21-49)46(65)56-30-13-10-28(11-14-30)44(63)54-22-25-60-23-18-31(19-24-60)55-37-9-5-6-32-34(37)27-61(47(32)66)39-16-17-40(62)58-45(39)64/h4-9,12,15,26,28,30-31,39,41,43,55,59H,1-3,10-11,13-14,16-25,27H2,(H,54,63)(H,56,65)(H,57,67)(H,58,62,64)/t28-,30-,39?,41-,43+,50+/m0/s1. The predicted molar refractivity (Wildman–Crippen MR) is 251 cm³/mol. The van der Waals surface area contributed by atoms with Gasteiger partial charge in [0.05, 0.1) is 11.1 Å². The molecule has 3 aromatic rings. The van der Waals surface area contributed by atoms with Crippen molar-refractivity contribution in [1.29, 1.82) is 0 Å². The summed E-state index contributed by atoms with van der Waals surface area (Å²) in [5.41, 5.74) is 1.72. The van der Waals surface area contributed by atoms with Crippen LogP contribution in [0.25, 0.3) is 0 Å². The molecule has 1 unspecified atom stereocenters. The summed E-state index contributed by atoms with van der Waals surface area (Å²) in [6.45, 7) is 3.27. The minimum atomic E-state index is -1.31. The van der Waals surface area contributed by atoms with Crippen LogP contribution in [0.1, 0.15) is 116 Å². The maximum Gasteiger partial charge on any atom is 0.255 e. The highest BCUT2D eigenvalue weighted by Gasteiger charge is 2.72. The molecule has 0 bridgehead atoms. The van der Waals surface area contributed by atoms with E-state index < -0.39 is 40.7 Å². The van der Waals surface area contributed by atoms with E-state index in [0.717, 1.165) is 63.0 Å². The number of piperidine rings is 2. The number of anilines is 2. The van der Waals surface area contributed by atoms with Crippen molar-refractivity contribution >= 4 is 70.0 Å². The zero-order chi connectivity index (χ0) is 46.6. The number of nitrogens with one attached hydrogen (secondary N) is 6. The summed E-state index contributed by atoms with van der Waals surface area (Å²) in [5.74, 6) is -3.21. The summed E-state index contributed by atoms with van der Waals surface area (Å²) in [5, 5.41) is 19.6. The lowest BCUT2D eigenvalue weighted by atomic mass is 9.55. The molecule has 17 heteroatoms. The lowest BCUT2D eigenvalue weighted by molar-refractivity contribution is -0.137. The minimum absolute atomic E-state index is 0.0151. The van der Waals surface area contributed by atoms with Gasteiger partial charge in [0.2, 0.25) is 29.5 Å². The summed E-state index contributed by atoms with van der Waals surface area (Å²) >= 11 is 12.8. The smallest absolute Gasteiger partial charge is 0.255 e. The number of imide groups is 1. The zero-order valence-electron chi connectivity index (χ0n) is 37.4. The molecule has 2 aliphatic carbocycles. The average Bonchev–Trinajstić information content (AvgIpc) is 3.92. The van der Waals surface area contributed by atoms with Crippen LogP contribution in [0, 0.1) is 11.7 Å². The van der Waals surface area contributed by atoms with Crippen LogP contribution in [0.4, 0.5) is 15.8 Å². The summed E-state index contributed by atoms with van der Waals surface area (Å²) in [4.78, 5) is 84.3. The van der Waals surface area contributed by atoms with Crippen LogP contribution >= 0.6 is 23.2 Å². The predicted octanol–water partition coefficient (Wildman–Crippen LogP) is 5.91. The Hall–Kier alpha value is -5.09. The Balaban J connectivity index is 0.723. The molecule has 4 atom stereocenters. The molecule has 2 saturated carbocycles. The third kappa shape index (κ3) is 8.16. The van der Waals surface area contributed by atoms with Crippen LogP contribution in [-0.2, 0) is 35.9 Å². The van der Waals surface area contributed by atoms with E-state index in [2.05, 4.69) is 36.8 Å². The van der Waals surface area contributed by atoms with E-state index in [4.69, 9.17) is 23.2 Å². The van der Waals surface area contributed by atoms with Gasteiger partial charge in [0, 0.05) is 96.1 Å². The fraction of sp³-hybridized carbons (Fsp3) is 0.520. The first-order valence-corrected chi connectivity index (χ1v) is 24.8. The van der Waals surface area contributed by atoms with E-state index in [1.54, 1.807) is 35.2 Å². The normalized spacial score (nSPS) is 28.3. The summed E-state index contributed by atoms with van der Waals surface area (Å²) in [6.07, 6.45) is 8.73. The molecule has 67 heavy (non-hydrogen) atoms. The molecular formula is C50H57Cl2FN8O6. The molecule has 0 aromatic heterocycles. The van der Waals surface area contributed by atoms with E-state index in [1.807, 2.05) is 18.2 Å². The monoisotopic (exact) mass is 954 g/mol. The fourth-order valence-corrected chi connectivity index (χ4v) is 13.1. The Morgan fingerprint density at radius 1 is 0.836 bits per heavy atom. The Labute approximate surface area is 399 Å². The molecule has 14 nitrogen and oxygen atoms in total. The lowest BCUT2D eigenvalue weighted by Crippen LogP contribution is -2.60. The van der Waals surface area contributed by atoms with Crippen molar-refractivity contribution in [2.75, 3.05) is 36.8 Å². The highest BCUT2D eigenvalue weighted by molar-refractivity contribution is 6.31. The van der Waals surface area contributed by atoms with Gasteiger partial charge in [-0.2, -0.15) is 0 Å². The number of nitrogens with zero attached hydrogens (tertiary/aromatic N) is 2. The molecule has 5 fully saturated rings. The van der Waals surface area contributed by atoms with Crippen LogP contribution in [0.15, 0.2) is 54.6 Å². The van der Waals surface area contributed by atoms with Gasteiger partial charge in [-0.1, -0.05) is 66.7 Å². The summed E-state index contributed by atoms with van der Waals surface area (Å²) < 4.78 is 16.3. The van der Waals surface area contributed by atoms with E-state index >= 15 is 4.39 Å². The third-order valence-electron chi connectivity index (χ3n) is 16.0. The number of fused-ring (bicyclic) bond motifs is 4. The van der Waals surface area contributed by atoms with Crippen LogP contribution < -0.4 is 31.9 Å². The Morgan fingerprint density at radius 2 is 1.60 bits per heavy atom. The molecule has 6 N–H and O–H groups in total. The van der Waals surface area contributed by atoms with Gasteiger partial charge >= 0.3 is 0 Å². The first-order chi connectivity index (χ1) is 32.4. The van der Waals surface area contributed by atoms with Crippen molar-refractivity contribution in [2.24, 2.45) is 5.92 Å². The van der Waals surface area contributed by atoms with Gasteiger partial charge in [0.25, 0.3) is 5.91 Å². The first kappa shape index (κ1) is 45.7. The second-order valence-electron chi connectivity index (χ2n) is 19.7. The van der Waals surface area contributed by atoms with Gasteiger partial charge in [-0.25, -0.2) is 4.39 Å². The van der Waals surface area contributed by atoms with Crippen LogP contribution in [-0.4, -0.2) is 101 Å². The second-order valence-corrected chi connectivity index (χ2v) is 20.5. The molecule has 3 aromatic carbocycles. The minimum Gasteiger partial charge on any atom is -0.382 e. The number of amides is 6. The number of likely N-dealkylation sites (tertiary alicyclic amines) is 1. The highest BCUT2D eigenvalue weighted by atomic mass is 35.5. The summed E-state index contributed by atoms with van der Waals surface area (Å²) in [7, 11) is 0. The SMILES string of the molecule is O=C1CCC(N2Cc3c(NC4CCN(CCNC(=O)[C@H]5CC[C@H](NC(=O)[C@@H]6NC7(CCCCC7)[C@@]7(C(=O)Nc8cc(Cl)ccc87)[C@H]6c6cccc(Cl)c6F)CC5)CC4)cccc3C2=O)C(=O)N1. The van der Waals surface area contributed by atoms with Gasteiger partial charge in [-0.05, 0) is 99.2 Å². The largest absolute Gasteiger partial charge is 0.382 e. The molecule has 3 saturated heterocycles. The molecular weight excluding hydrogens is 899 g/mol. The van der Waals surface area contributed by atoms with Gasteiger partial charge in [0.1, 0.15) is 17.3 Å². The van der Waals surface area contributed by atoms with Gasteiger partial charge < -0.3 is 31.1 Å². The average molecular weight is 956 g/mol. The third-order valence-corrected chi connectivity index (χ3v) is 16.5. The van der Waals surface area contributed by atoms with Crippen molar-refractivity contribution in [2.45, 2.75) is 131 Å². The number of halogens is 3. The van der Waals surface area contributed by atoms with Crippen molar-refractivity contribution < 1.29 is 33.2 Å². The Morgan fingerprint density at radius 3 is 2.36 bits per heavy atom. The van der Waals surface area contributed by atoms with Gasteiger partial charge in [-0.15, -0.1) is 0 Å². The molecule has 5 heterocycles. The molecule has 7 aliphatic rings. The number of benzene rings is 3. The van der Waals surface area contributed by atoms with Crippen LogP contribution in [0.2, 0.25) is 10.0 Å². The van der Waals surface area contributed by atoms with E-state index in [1.165, 1.54) is 6.07 Å². The number of carbonyl (C=O) groups is 6. The zero-order valence-corrected chi connectivity index (χ0v) is 38.9. The van der Waals surface area contributed by atoms with Gasteiger partial charge in [0.15, 0.2) is 0 Å². The second kappa shape index (κ2) is 18.4. The molecule has 2 spiro atoms. The van der Waals surface area contributed by atoms with Crippen molar-refractivity contribution in [1.82, 2.24) is 31.1 Å². The van der Waals surface area contributed by atoms with Crippen LogP contribution in [0.5, 0.6) is 0 Å². The fourth-order valence-electron chi connectivity index (χ4n) is 12.7. The lowest BCUT2D eigenvalue weighted by Gasteiger charge is -2.47. The van der Waals surface area contributed by atoms with E-state index in [-0.39, 0.29) is 64.5 Å².